The number of para-hydroxylation sites is 2. The highest BCUT2D eigenvalue weighted by atomic mass is 32.1. The average molecular weight is 379 g/mol. The van der Waals surface area contributed by atoms with Crippen molar-refractivity contribution in [2.75, 3.05) is 13.6 Å². The zero-order valence-electron chi connectivity index (χ0n) is 15.3. The lowest BCUT2D eigenvalue weighted by atomic mass is 10.2. The lowest BCUT2D eigenvalue weighted by molar-refractivity contribution is -0.122. The topological polar surface area (TPSA) is 58.4 Å². The summed E-state index contributed by atoms with van der Waals surface area (Å²) in [5.41, 5.74) is 1.84. The van der Waals surface area contributed by atoms with E-state index in [2.05, 4.69) is 16.4 Å². The number of rotatable bonds is 6. The van der Waals surface area contributed by atoms with E-state index in [9.17, 15) is 4.79 Å². The Labute approximate surface area is 161 Å². The van der Waals surface area contributed by atoms with Crippen molar-refractivity contribution in [3.05, 3.63) is 65.4 Å². The van der Waals surface area contributed by atoms with Gasteiger partial charge in [-0.1, -0.05) is 30.3 Å². The summed E-state index contributed by atoms with van der Waals surface area (Å²) >= 11 is 1.67. The average Bonchev–Trinajstić information content (AvgIpc) is 3.24. The molecular weight excluding hydrogens is 358 g/mol. The van der Waals surface area contributed by atoms with Crippen LogP contribution < -0.4 is 5.32 Å². The number of thiazole rings is 1. The Balaban J connectivity index is 1.35. The van der Waals surface area contributed by atoms with Crippen LogP contribution in [-0.4, -0.2) is 29.4 Å². The zero-order valence-corrected chi connectivity index (χ0v) is 16.1. The molecule has 0 aliphatic rings. The number of nitrogens with one attached hydrogen (secondary N) is 1. The molecule has 0 saturated carbocycles. The van der Waals surface area contributed by atoms with E-state index in [0.717, 1.165) is 27.3 Å². The molecule has 0 bridgehead atoms. The maximum atomic E-state index is 12.4. The van der Waals surface area contributed by atoms with Crippen LogP contribution in [0.5, 0.6) is 0 Å². The molecule has 2 aromatic carbocycles. The summed E-state index contributed by atoms with van der Waals surface area (Å²) in [7, 11) is 1.93. The van der Waals surface area contributed by atoms with E-state index >= 15 is 0 Å². The van der Waals surface area contributed by atoms with Crippen LogP contribution in [0.15, 0.2) is 59.0 Å². The fourth-order valence-electron chi connectivity index (χ4n) is 3.09. The van der Waals surface area contributed by atoms with Gasteiger partial charge in [0.15, 0.2) is 0 Å². The Morgan fingerprint density at radius 2 is 2.00 bits per heavy atom. The predicted molar refractivity (Wildman–Crippen MR) is 109 cm³/mol. The van der Waals surface area contributed by atoms with E-state index in [1.807, 2.05) is 67.4 Å². The van der Waals surface area contributed by atoms with Crippen LogP contribution >= 0.6 is 11.3 Å². The van der Waals surface area contributed by atoms with Gasteiger partial charge >= 0.3 is 0 Å². The smallest absolute Gasteiger partial charge is 0.234 e. The lowest BCUT2D eigenvalue weighted by Gasteiger charge is -2.17. The normalized spacial score (nSPS) is 12.7. The maximum Gasteiger partial charge on any atom is 0.234 e. The van der Waals surface area contributed by atoms with E-state index < -0.39 is 0 Å². The number of hydrogen-bond donors (Lipinski definition) is 1. The summed E-state index contributed by atoms with van der Waals surface area (Å²) < 4.78 is 7.00. The van der Waals surface area contributed by atoms with Crippen LogP contribution in [0.3, 0.4) is 0 Å². The zero-order chi connectivity index (χ0) is 18.8. The van der Waals surface area contributed by atoms with E-state index in [1.54, 1.807) is 11.3 Å². The lowest BCUT2D eigenvalue weighted by Crippen LogP contribution is -2.36. The highest BCUT2D eigenvalue weighted by Crippen LogP contribution is 2.24. The molecule has 4 rings (SSSR count). The summed E-state index contributed by atoms with van der Waals surface area (Å²) in [5.74, 6) is 0.727. The first-order valence-electron chi connectivity index (χ1n) is 8.89. The van der Waals surface area contributed by atoms with Gasteiger partial charge in [0.1, 0.15) is 16.4 Å². The number of fused-ring (bicyclic) bond motifs is 2. The molecule has 5 nitrogen and oxygen atoms in total. The van der Waals surface area contributed by atoms with Gasteiger partial charge in [0.2, 0.25) is 5.91 Å². The van der Waals surface area contributed by atoms with Gasteiger partial charge in [-0.15, -0.1) is 11.3 Å². The summed E-state index contributed by atoms with van der Waals surface area (Å²) in [6.45, 7) is 2.88. The standard InChI is InChI=1S/C21H21N3O2S/c1-14(18-11-15-7-3-5-9-17(15)26-18)22-20(25)12-24(2)13-21-23-16-8-4-6-10-19(16)27-21/h3-11,14H,12-13H2,1-2H3,(H,22,25)/t14-/m1/s1. The summed E-state index contributed by atoms with van der Waals surface area (Å²) in [5, 5.41) is 5.06. The molecule has 0 saturated heterocycles. The highest BCUT2D eigenvalue weighted by molar-refractivity contribution is 7.18. The van der Waals surface area contributed by atoms with Gasteiger partial charge in [0, 0.05) is 5.39 Å². The third-order valence-electron chi connectivity index (χ3n) is 4.41. The Hall–Kier alpha value is -2.70. The SMILES string of the molecule is C[C@@H](NC(=O)CN(C)Cc1nc2ccccc2s1)c1cc2ccccc2o1. The number of aromatic nitrogens is 1. The second-order valence-electron chi connectivity index (χ2n) is 6.72. The predicted octanol–water partition coefficient (Wildman–Crippen LogP) is 4.35. The minimum absolute atomic E-state index is 0.0356. The first-order chi connectivity index (χ1) is 13.1. The van der Waals surface area contributed by atoms with Crippen molar-refractivity contribution in [1.82, 2.24) is 15.2 Å². The van der Waals surface area contributed by atoms with E-state index in [4.69, 9.17) is 4.42 Å². The molecule has 6 heteroatoms. The van der Waals surface area contributed by atoms with Gasteiger partial charge in [0.05, 0.1) is 29.3 Å². The minimum atomic E-state index is -0.180. The molecule has 2 aromatic heterocycles. The van der Waals surface area contributed by atoms with Gasteiger partial charge in [-0.05, 0) is 38.2 Å². The molecule has 27 heavy (non-hydrogen) atoms. The summed E-state index contributed by atoms with van der Waals surface area (Å²) in [6.07, 6.45) is 0. The van der Waals surface area contributed by atoms with E-state index in [1.165, 1.54) is 4.70 Å². The fraction of sp³-hybridized carbons (Fsp3) is 0.238. The van der Waals surface area contributed by atoms with Crippen molar-refractivity contribution in [2.45, 2.75) is 19.5 Å². The van der Waals surface area contributed by atoms with E-state index in [0.29, 0.717) is 13.1 Å². The van der Waals surface area contributed by atoms with Gasteiger partial charge in [-0.25, -0.2) is 4.98 Å². The van der Waals surface area contributed by atoms with Gasteiger partial charge < -0.3 is 9.73 Å². The molecular formula is C21H21N3O2S. The molecule has 0 aliphatic carbocycles. The number of carbonyl (C=O) groups is 1. The number of carbonyl (C=O) groups excluding carboxylic acids is 1. The van der Waals surface area contributed by atoms with Crippen LogP contribution in [-0.2, 0) is 11.3 Å². The number of amides is 1. The Kier molecular flexibility index (Phi) is 4.92. The number of hydrogen-bond acceptors (Lipinski definition) is 5. The minimum Gasteiger partial charge on any atom is -0.459 e. The van der Waals surface area contributed by atoms with Gasteiger partial charge in [0.25, 0.3) is 0 Å². The van der Waals surface area contributed by atoms with Crippen LogP contribution in [0.25, 0.3) is 21.2 Å². The van der Waals surface area contributed by atoms with Crippen LogP contribution in [0.4, 0.5) is 0 Å². The molecule has 0 fully saturated rings. The van der Waals surface area contributed by atoms with Crippen LogP contribution in [0.1, 0.15) is 23.7 Å². The molecule has 4 aromatic rings. The summed E-state index contributed by atoms with van der Waals surface area (Å²) in [6, 6.07) is 17.7. The maximum absolute atomic E-state index is 12.4. The number of nitrogens with zero attached hydrogens (tertiary/aromatic N) is 2. The van der Waals surface area contributed by atoms with Crippen molar-refractivity contribution < 1.29 is 9.21 Å². The molecule has 1 atom stereocenters. The fourth-order valence-corrected chi connectivity index (χ4v) is 4.14. The second kappa shape index (κ2) is 7.50. The second-order valence-corrected chi connectivity index (χ2v) is 7.84. The molecule has 0 aliphatic heterocycles. The van der Waals surface area contributed by atoms with Crippen LogP contribution in [0, 0.1) is 0 Å². The number of likely N-dealkylation sites (N-methyl/N-ethyl adjacent to an activating group) is 1. The van der Waals surface area contributed by atoms with E-state index in [-0.39, 0.29) is 11.9 Å². The monoisotopic (exact) mass is 379 g/mol. The molecule has 2 heterocycles. The Morgan fingerprint density at radius 1 is 1.22 bits per heavy atom. The molecule has 1 N–H and O–H groups in total. The molecule has 0 unspecified atom stereocenters. The quantitative estimate of drug-likeness (QED) is 0.541. The third-order valence-corrected chi connectivity index (χ3v) is 5.43. The first kappa shape index (κ1) is 17.7. The van der Waals surface area contributed by atoms with Crippen molar-refractivity contribution in [3.8, 4) is 0 Å². The highest BCUT2D eigenvalue weighted by Gasteiger charge is 2.16. The van der Waals surface area contributed by atoms with Crippen LogP contribution in [0.2, 0.25) is 0 Å². The Morgan fingerprint density at radius 3 is 2.81 bits per heavy atom. The summed E-state index contributed by atoms with van der Waals surface area (Å²) in [4.78, 5) is 19.0. The Bertz CT molecular complexity index is 1020. The van der Waals surface area contributed by atoms with Gasteiger partial charge in [-0.3, -0.25) is 9.69 Å². The van der Waals surface area contributed by atoms with Crippen molar-refractivity contribution in [2.24, 2.45) is 0 Å². The molecule has 0 spiro atoms. The largest absolute Gasteiger partial charge is 0.459 e. The first-order valence-corrected chi connectivity index (χ1v) is 9.71. The van der Waals surface area contributed by atoms with Crippen molar-refractivity contribution in [3.63, 3.8) is 0 Å². The number of benzene rings is 2. The molecule has 1 amide bonds. The number of furan rings is 1. The molecule has 0 radical (unpaired) electrons. The third kappa shape index (κ3) is 4.02. The van der Waals surface area contributed by atoms with Crippen molar-refractivity contribution in [1.29, 1.82) is 0 Å². The van der Waals surface area contributed by atoms with Crippen molar-refractivity contribution >= 4 is 38.4 Å². The van der Waals surface area contributed by atoms with Gasteiger partial charge in [-0.2, -0.15) is 0 Å². The molecule has 138 valence electrons.